The highest BCUT2D eigenvalue weighted by atomic mass is 35.5. The molecule has 1 fully saturated rings. The third-order valence-electron chi connectivity index (χ3n) is 5.20. The zero-order valence-electron chi connectivity index (χ0n) is 13.4. The van der Waals surface area contributed by atoms with E-state index in [4.69, 9.17) is 16.6 Å². The molecule has 0 unspecified atom stereocenters. The van der Waals surface area contributed by atoms with E-state index in [-0.39, 0.29) is 5.78 Å². The minimum absolute atomic E-state index is 0.275. The monoisotopic (exact) mass is 343 g/mol. The van der Waals surface area contributed by atoms with Crippen molar-refractivity contribution in [1.82, 2.24) is 0 Å². The summed E-state index contributed by atoms with van der Waals surface area (Å²) in [5, 5.41) is 0.715. The van der Waals surface area contributed by atoms with Crippen molar-refractivity contribution >= 4 is 34.4 Å². The highest BCUT2D eigenvalue weighted by molar-refractivity contribution is 7.12. The summed E-state index contributed by atoms with van der Waals surface area (Å²) in [4.78, 5) is 20.3. The molecule has 1 aliphatic carbocycles. The second-order valence-corrected chi connectivity index (χ2v) is 8.42. The molecule has 23 heavy (non-hydrogen) atoms. The quantitative estimate of drug-likeness (QED) is 0.734. The van der Waals surface area contributed by atoms with E-state index >= 15 is 0 Å². The number of Topliss-reactive ketones (excluding diaryl/α,β-unsaturated/α-hetero) is 1. The molecular weight excluding hydrogens is 326 g/mol. The van der Waals surface area contributed by atoms with Gasteiger partial charge in [0.25, 0.3) is 0 Å². The molecule has 2 nitrogen and oxygen atoms in total. The van der Waals surface area contributed by atoms with Crippen LogP contribution in [0.15, 0.2) is 29.3 Å². The van der Waals surface area contributed by atoms with Gasteiger partial charge in [-0.05, 0) is 43.9 Å². The standard InChI is InChI=1S/C19H18ClNOS/c1-10-9-19(10)16(22)8-15-17(11(2)12(3)23-15)18(21-19)13-4-6-14(20)7-5-13/h4-7,10H,8-9H2,1-3H3/t10-,19+/m1/s1. The van der Waals surface area contributed by atoms with E-state index in [1.165, 1.54) is 16.0 Å². The number of rotatable bonds is 1. The van der Waals surface area contributed by atoms with Gasteiger partial charge in [0.1, 0.15) is 5.54 Å². The first kappa shape index (κ1) is 15.1. The average molecular weight is 344 g/mol. The maximum absolute atomic E-state index is 12.8. The van der Waals surface area contributed by atoms with Crippen LogP contribution in [0, 0.1) is 19.8 Å². The molecule has 1 saturated carbocycles. The van der Waals surface area contributed by atoms with Crippen LogP contribution >= 0.6 is 22.9 Å². The topological polar surface area (TPSA) is 29.4 Å². The maximum atomic E-state index is 12.8. The van der Waals surface area contributed by atoms with Crippen molar-refractivity contribution in [2.75, 3.05) is 0 Å². The molecule has 0 N–H and O–H groups in total. The summed E-state index contributed by atoms with van der Waals surface area (Å²) >= 11 is 7.78. The van der Waals surface area contributed by atoms with Crippen molar-refractivity contribution in [3.8, 4) is 0 Å². The molecule has 1 spiro atoms. The van der Waals surface area contributed by atoms with Crippen molar-refractivity contribution in [2.24, 2.45) is 10.9 Å². The number of thiophene rings is 1. The van der Waals surface area contributed by atoms with E-state index < -0.39 is 5.54 Å². The number of hydrogen-bond acceptors (Lipinski definition) is 3. The van der Waals surface area contributed by atoms with E-state index in [9.17, 15) is 4.79 Å². The SMILES string of the molecule is Cc1sc2c(c1C)C(c1ccc(Cl)cc1)=N[C@]1(C[C@H]1C)C(=O)C2. The molecule has 4 heteroatoms. The Hall–Kier alpha value is -1.45. The Morgan fingerprint density at radius 3 is 2.52 bits per heavy atom. The van der Waals surface area contributed by atoms with Gasteiger partial charge in [0, 0.05) is 32.3 Å². The number of aliphatic imine (C=N–C) groups is 1. The lowest BCUT2D eigenvalue weighted by Crippen LogP contribution is -2.24. The third-order valence-corrected chi connectivity index (χ3v) is 6.66. The van der Waals surface area contributed by atoms with Gasteiger partial charge in [0.15, 0.2) is 5.78 Å². The molecule has 2 aromatic rings. The molecule has 1 aromatic carbocycles. The van der Waals surface area contributed by atoms with E-state index in [0.29, 0.717) is 17.4 Å². The smallest absolute Gasteiger partial charge is 0.165 e. The predicted molar refractivity (Wildman–Crippen MR) is 96.1 cm³/mol. The number of halogens is 1. The molecule has 1 aliphatic heterocycles. The lowest BCUT2D eigenvalue weighted by atomic mass is 9.98. The minimum Gasteiger partial charge on any atom is -0.297 e. The van der Waals surface area contributed by atoms with Gasteiger partial charge in [-0.1, -0.05) is 30.7 Å². The molecule has 2 heterocycles. The summed E-state index contributed by atoms with van der Waals surface area (Å²) in [5.74, 6) is 0.615. The molecule has 0 saturated heterocycles. The summed E-state index contributed by atoms with van der Waals surface area (Å²) in [5.41, 5.74) is 3.93. The normalized spacial score (nSPS) is 26.0. The van der Waals surface area contributed by atoms with Crippen LogP contribution in [-0.4, -0.2) is 17.0 Å². The van der Waals surface area contributed by atoms with Gasteiger partial charge in [-0.15, -0.1) is 11.3 Å². The van der Waals surface area contributed by atoms with E-state index in [1.54, 1.807) is 11.3 Å². The van der Waals surface area contributed by atoms with E-state index in [2.05, 4.69) is 20.8 Å². The fourth-order valence-corrected chi connectivity index (χ4v) is 4.82. The van der Waals surface area contributed by atoms with Gasteiger partial charge >= 0.3 is 0 Å². The van der Waals surface area contributed by atoms with Crippen LogP contribution in [0.25, 0.3) is 0 Å². The second-order valence-electron chi connectivity index (χ2n) is 6.68. The fourth-order valence-electron chi connectivity index (χ4n) is 3.52. The van der Waals surface area contributed by atoms with Crippen molar-refractivity contribution in [2.45, 2.75) is 39.2 Å². The molecule has 0 amide bonds. The highest BCUT2D eigenvalue weighted by Crippen LogP contribution is 2.51. The van der Waals surface area contributed by atoms with Crippen molar-refractivity contribution in [3.05, 3.63) is 55.7 Å². The highest BCUT2D eigenvalue weighted by Gasteiger charge is 2.58. The summed E-state index contributed by atoms with van der Waals surface area (Å²) in [7, 11) is 0. The molecule has 1 aromatic heterocycles. The van der Waals surface area contributed by atoms with Crippen LogP contribution in [0.2, 0.25) is 5.02 Å². The first-order valence-electron chi connectivity index (χ1n) is 7.90. The molecule has 4 rings (SSSR count). The van der Waals surface area contributed by atoms with Gasteiger partial charge < -0.3 is 0 Å². The van der Waals surface area contributed by atoms with Crippen molar-refractivity contribution in [3.63, 3.8) is 0 Å². The van der Waals surface area contributed by atoms with Crippen molar-refractivity contribution in [1.29, 1.82) is 0 Å². The first-order valence-corrected chi connectivity index (χ1v) is 9.10. The zero-order valence-corrected chi connectivity index (χ0v) is 15.0. The number of benzene rings is 1. The zero-order chi connectivity index (χ0) is 16.4. The van der Waals surface area contributed by atoms with Crippen LogP contribution in [0.4, 0.5) is 0 Å². The Morgan fingerprint density at radius 2 is 1.91 bits per heavy atom. The number of aryl methyl sites for hydroxylation is 1. The van der Waals surface area contributed by atoms with Gasteiger partial charge in [0.2, 0.25) is 0 Å². The Balaban J connectivity index is 1.97. The van der Waals surface area contributed by atoms with Crippen LogP contribution < -0.4 is 0 Å². The van der Waals surface area contributed by atoms with Crippen LogP contribution in [0.5, 0.6) is 0 Å². The molecule has 118 valence electrons. The summed E-state index contributed by atoms with van der Waals surface area (Å²) in [6.07, 6.45) is 1.38. The van der Waals surface area contributed by atoms with E-state index in [0.717, 1.165) is 22.6 Å². The predicted octanol–water partition coefficient (Wildman–Crippen LogP) is 4.76. The van der Waals surface area contributed by atoms with E-state index in [1.807, 2.05) is 24.3 Å². The second kappa shape index (κ2) is 5.02. The Morgan fingerprint density at radius 1 is 1.26 bits per heavy atom. The Kier molecular flexibility index (Phi) is 3.30. The summed E-state index contributed by atoms with van der Waals surface area (Å²) in [6.45, 7) is 6.38. The van der Waals surface area contributed by atoms with Crippen LogP contribution in [0.3, 0.4) is 0 Å². The molecule has 0 radical (unpaired) electrons. The Bertz CT molecular complexity index is 849. The molecule has 0 bridgehead atoms. The number of fused-ring (bicyclic) bond motifs is 1. The molecule has 2 atom stereocenters. The van der Waals surface area contributed by atoms with Gasteiger partial charge in [0.05, 0.1) is 5.71 Å². The number of carbonyl (C=O) groups excluding carboxylic acids is 1. The third kappa shape index (κ3) is 2.21. The van der Waals surface area contributed by atoms with Crippen LogP contribution in [0.1, 0.15) is 39.8 Å². The summed E-state index contributed by atoms with van der Waals surface area (Å²) < 4.78 is 0. The molecule has 2 aliphatic rings. The van der Waals surface area contributed by atoms with Gasteiger partial charge in [-0.25, -0.2) is 0 Å². The largest absolute Gasteiger partial charge is 0.297 e. The number of carbonyl (C=O) groups is 1. The lowest BCUT2D eigenvalue weighted by Gasteiger charge is -2.11. The fraction of sp³-hybridized carbons (Fsp3) is 0.368. The van der Waals surface area contributed by atoms with Gasteiger partial charge in [-0.3, -0.25) is 9.79 Å². The van der Waals surface area contributed by atoms with Crippen molar-refractivity contribution < 1.29 is 4.79 Å². The number of ketones is 1. The minimum atomic E-state index is -0.492. The Labute approximate surface area is 145 Å². The summed E-state index contributed by atoms with van der Waals surface area (Å²) in [6, 6.07) is 7.80. The maximum Gasteiger partial charge on any atom is 0.165 e. The average Bonchev–Trinajstić information content (AvgIpc) is 3.11. The van der Waals surface area contributed by atoms with Crippen LogP contribution in [-0.2, 0) is 11.2 Å². The number of nitrogens with zero attached hydrogens (tertiary/aromatic N) is 1. The first-order chi connectivity index (χ1) is 10.9. The van der Waals surface area contributed by atoms with Gasteiger partial charge in [-0.2, -0.15) is 0 Å². The lowest BCUT2D eigenvalue weighted by molar-refractivity contribution is -0.120. The molecular formula is C19H18ClNOS. The number of hydrogen-bond donors (Lipinski definition) is 0.